The lowest BCUT2D eigenvalue weighted by Gasteiger charge is -2.16. The van der Waals surface area contributed by atoms with Crippen LogP contribution < -0.4 is 5.32 Å². The first-order valence-electron chi connectivity index (χ1n) is 5.54. The Morgan fingerprint density at radius 1 is 1.67 bits per heavy atom. The number of aliphatic hydroxyl groups is 1. The summed E-state index contributed by atoms with van der Waals surface area (Å²) in [7, 11) is 0. The fourth-order valence-electron chi connectivity index (χ4n) is 1.95. The summed E-state index contributed by atoms with van der Waals surface area (Å²) in [5, 5.41) is 21.0. The maximum atomic E-state index is 11.5. The van der Waals surface area contributed by atoms with Crippen LogP contribution in [-0.2, 0) is 4.79 Å². The summed E-state index contributed by atoms with van der Waals surface area (Å²) < 4.78 is 0. The average molecular weight is 210 g/mol. The minimum absolute atomic E-state index is 0.171. The zero-order valence-corrected chi connectivity index (χ0v) is 9.07. The molecule has 1 aliphatic carbocycles. The second kappa shape index (κ2) is 5.72. The minimum Gasteiger partial charge on any atom is -0.393 e. The van der Waals surface area contributed by atoms with Gasteiger partial charge < -0.3 is 10.4 Å². The minimum atomic E-state index is -0.552. The Hall–Kier alpha value is -1.08. The van der Waals surface area contributed by atoms with Gasteiger partial charge >= 0.3 is 0 Å². The molecular formula is C11H18N2O2. The molecule has 4 heteroatoms. The van der Waals surface area contributed by atoms with Crippen molar-refractivity contribution in [2.24, 2.45) is 11.8 Å². The third-order valence-corrected chi connectivity index (χ3v) is 3.04. The number of nitrogens with one attached hydrogen (secondary N) is 1. The Morgan fingerprint density at radius 3 is 2.87 bits per heavy atom. The Morgan fingerprint density at radius 2 is 2.40 bits per heavy atom. The number of carbonyl (C=O) groups is 1. The molecule has 4 nitrogen and oxygen atoms in total. The van der Waals surface area contributed by atoms with Gasteiger partial charge in [0.05, 0.1) is 12.2 Å². The second-order valence-corrected chi connectivity index (χ2v) is 4.09. The van der Waals surface area contributed by atoms with Crippen molar-refractivity contribution in [3.05, 3.63) is 0 Å². The van der Waals surface area contributed by atoms with Gasteiger partial charge in [0.2, 0.25) is 5.91 Å². The van der Waals surface area contributed by atoms with E-state index in [4.69, 9.17) is 5.26 Å². The zero-order chi connectivity index (χ0) is 11.3. The largest absolute Gasteiger partial charge is 0.393 e. The average Bonchev–Trinajstić information content (AvgIpc) is 2.63. The van der Waals surface area contributed by atoms with Gasteiger partial charge in [-0.25, -0.2) is 0 Å². The van der Waals surface area contributed by atoms with Crippen LogP contribution in [0.3, 0.4) is 0 Å². The monoisotopic (exact) mass is 210 g/mol. The van der Waals surface area contributed by atoms with E-state index in [0.29, 0.717) is 13.0 Å². The highest BCUT2D eigenvalue weighted by molar-refractivity contribution is 5.80. The molecule has 0 aromatic carbocycles. The lowest BCUT2D eigenvalue weighted by molar-refractivity contribution is -0.123. The van der Waals surface area contributed by atoms with Crippen molar-refractivity contribution in [2.45, 2.75) is 38.7 Å². The van der Waals surface area contributed by atoms with Crippen LogP contribution in [0.2, 0.25) is 0 Å². The van der Waals surface area contributed by atoms with Gasteiger partial charge in [0.1, 0.15) is 5.92 Å². The summed E-state index contributed by atoms with van der Waals surface area (Å²) in [6.45, 7) is 2.32. The molecule has 3 atom stereocenters. The highest BCUT2D eigenvalue weighted by Crippen LogP contribution is 2.24. The molecule has 1 rings (SSSR count). The molecule has 0 radical (unpaired) electrons. The van der Waals surface area contributed by atoms with E-state index >= 15 is 0 Å². The number of hydrogen-bond donors (Lipinski definition) is 2. The summed E-state index contributed by atoms with van der Waals surface area (Å²) in [4.78, 5) is 11.5. The molecule has 0 spiro atoms. The highest BCUT2D eigenvalue weighted by Gasteiger charge is 2.26. The van der Waals surface area contributed by atoms with Crippen molar-refractivity contribution in [3.63, 3.8) is 0 Å². The Balaban J connectivity index is 2.30. The maximum absolute atomic E-state index is 11.5. The van der Waals surface area contributed by atoms with Gasteiger partial charge in [0, 0.05) is 12.5 Å². The van der Waals surface area contributed by atoms with Crippen LogP contribution in [-0.4, -0.2) is 23.7 Å². The van der Waals surface area contributed by atoms with E-state index in [0.717, 1.165) is 19.3 Å². The quantitative estimate of drug-likeness (QED) is 0.721. The first-order chi connectivity index (χ1) is 7.19. The van der Waals surface area contributed by atoms with Crippen molar-refractivity contribution in [1.82, 2.24) is 5.32 Å². The van der Waals surface area contributed by atoms with E-state index in [-0.39, 0.29) is 17.9 Å². The molecule has 0 bridgehead atoms. The Kier molecular flexibility index (Phi) is 4.57. The molecule has 2 N–H and O–H groups in total. The van der Waals surface area contributed by atoms with Crippen LogP contribution in [0.15, 0.2) is 0 Å². The molecule has 0 saturated heterocycles. The number of rotatable bonds is 4. The number of nitrogens with zero attached hydrogens (tertiary/aromatic N) is 1. The van der Waals surface area contributed by atoms with E-state index in [1.165, 1.54) is 0 Å². The van der Waals surface area contributed by atoms with Crippen molar-refractivity contribution in [3.8, 4) is 6.07 Å². The Bertz CT molecular complexity index is 260. The van der Waals surface area contributed by atoms with Crippen LogP contribution in [0, 0.1) is 23.2 Å². The van der Waals surface area contributed by atoms with Crippen LogP contribution in [0.5, 0.6) is 0 Å². The second-order valence-electron chi connectivity index (χ2n) is 4.09. The molecule has 1 saturated carbocycles. The summed E-state index contributed by atoms with van der Waals surface area (Å²) in [5.41, 5.74) is 0. The number of nitriles is 1. The van der Waals surface area contributed by atoms with Crippen LogP contribution in [0.1, 0.15) is 32.6 Å². The predicted molar refractivity (Wildman–Crippen MR) is 55.8 cm³/mol. The molecule has 3 unspecified atom stereocenters. The van der Waals surface area contributed by atoms with Gasteiger partial charge in [0.25, 0.3) is 0 Å². The van der Waals surface area contributed by atoms with Gasteiger partial charge in [0.15, 0.2) is 0 Å². The van der Waals surface area contributed by atoms with Crippen molar-refractivity contribution in [1.29, 1.82) is 5.26 Å². The van der Waals surface area contributed by atoms with E-state index in [1.54, 1.807) is 0 Å². The summed E-state index contributed by atoms with van der Waals surface area (Å²) in [5.74, 6) is -0.590. The maximum Gasteiger partial charge on any atom is 0.237 e. The summed E-state index contributed by atoms with van der Waals surface area (Å²) in [6.07, 6.45) is 3.07. The van der Waals surface area contributed by atoms with Crippen LogP contribution in [0.4, 0.5) is 0 Å². The van der Waals surface area contributed by atoms with E-state index in [9.17, 15) is 9.90 Å². The topological polar surface area (TPSA) is 73.1 Å². The number of carbonyl (C=O) groups excluding carboxylic acids is 1. The van der Waals surface area contributed by atoms with Crippen molar-refractivity contribution >= 4 is 5.91 Å². The molecule has 1 fully saturated rings. The first kappa shape index (κ1) is 12.0. The Labute approximate surface area is 90.3 Å². The van der Waals surface area contributed by atoms with Crippen LogP contribution >= 0.6 is 0 Å². The molecule has 84 valence electrons. The fraction of sp³-hybridized carbons (Fsp3) is 0.818. The van der Waals surface area contributed by atoms with Gasteiger partial charge in [-0.15, -0.1) is 0 Å². The lowest BCUT2D eigenvalue weighted by atomic mass is 10.0. The SMILES string of the molecule is CCC(C#N)C(=O)NCC1CCCC1O. The van der Waals surface area contributed by atoms with Crippen LogP contribution in [0.25, 0.3) is 0 Å². The third kappa shape index (κ3) is 3.21. The molecule has 1 amide bonds. The number of hydrogen-bond acceptors (Lipinski definition) is 3. The van der Waals surface area contributed by atoms with Gasteiger partial charge in [-0.1, -0.05) is 13.3 Å². The summed E-state index contributed by atoms with van der Waals surface area (Å²) in [6, 6.07) is 1.96. The molecule has 0 aromatic heterocycles. The number of amides is 1. The number of aliphatic hydroxyl groups excluding tert-OH is 1. The molecular weight excluding hydrogens is 192 g/mol. The normalized spacial score (nSPS) is 27.0. The van der Waals surface area contributed by atoms with Crippen molar-refractivity contribution in [2.75, 3.05) is 6.54 Å². The zero-order valence-electron chi connectivity index (χ0n) is 9.07. The predicted octanol–water partition coefficient (Wildman–Crippen LogP) is 0.813. The molecule has 1 aliphatic rings. The molecule has 0 aromatic rings. The molecule has 15 heavy (non-hydrogen) atoms. The molecule has 0 aliphatic heterocycles. The van der Waals surface area contributed by atoms with E-state index in [2.05, 4.69) is 5.32 Å². The van der Waals surface area contributed by atoms with Gasteiger partial charge in [-0.05, 0) is 19.3 Å². The third-order valence-electron chi connectivity index (χ3n) is 3.04. The van der Waals surface area contributed by atoms with Crippen molar-refractivity contribution < 1.29 is 9.90 Å². The fourth-order valence-corrected chi connectivity index (χ4v) is 1.95. The first-order valence-corrected chi connectivity index (χ1v) is 5.54. The lowest BCUT2D eigenvalue weighted by Crippen LogP contribution is -2.35. The summed E-state index contributed by atoms with van der Waals surface area (Å²) >= 11 is 0. The standard InChI is InChI=1S/C11H18N2O2/c1-2-8(6-12)11(15)13-7-9-4-3-5-10(9)14/h8-10,14H,2-5,7H2,1H3,(H,13,15). The highest BCUT2D eigenvalue weighted by atomic mass is 16.3. The smallest absolute Gasteiger partial charge is 0.237 e. The van der Waals surface area contributed by atoms with Gasteiger partial charge in [-0.3, -0.25) is 4.79 Å². The van der Waals surface area contributed by atoms with E-state index < -0.39 is 5.92 Å². The molecule has 0 heterocycles. The van der Waals surface area contributed by atoms with Gasteiger partial charge in [-0.2, -0.15) is 5.26 Å². The van der Waals surface area contributed by atoms with E-state index in [1.807, 2.05) is 13.0 Å².